The molecule has 0 saturated heterocycles. The topological polar surface area (TPSA) is 111 Å². The lowest BCUT2D eigenvalue weighted by molar-refractivity contribution is -0.387. The molecule has 3 rings (SSSR count). The second-order valence-electron chi connectivity index (χ2n) is 5.63. The van der Waals surface area contributed by atoms with Gasteiger partial charge in [-0.3, -0.25) is 19.7 Å². The Kier molecular flexibility index (Phi) is 4.78. The van der Waals surface area contributed by atoms with E-state index in [9.17, 15) is 24.1 Å². The number of nitrogens with one attached hydrogen (secondary N) is 2. The van der Waals surface area contributed by atoms with Gasteiger partial charge in [-0.05, 0) is 42.3 Å². The van der Waals surface area contributed by atoms with Crippen molar-refractivity contribution in [3.8, 4) is 5.75 Å². The molecule has 0 aromatic heterocycles. The average Bonchev–Trinajstić information content (AvgIpc) is 2.61. The zero-order valence-electron chi connectivity index (χ0n) is 13.5. The Morgan fingerprint density at radius 2 is 2.08 bits per heavy atom. The summed E-state index contributed by atoms with van der Waals surface area (Å²) in [7, 11) is 0. The monoisotopic (exact) mass is 359 g/mol. The summed E-state index contributed by atoms with van der Waals surface area (Å²) in [5.41, 5.74) is 1.01. The number of nitrogens with zero attached hydrogens (tertiary/aromatic N) is 1. The molecule has 0 aliphatic carbocycles. The number of nitro groups is 1. The van der Waals surface area contributed by atoms with Crippen molar-refractivity contribution >= 4 is 28.9 Å². The normalized spacial score (nSPS) is 12.7. The number of aryl methyl sites for hydroxylation is 1. The molecule has 0 bridgehead atoms. The fraction of sp³-hybridized carbons (Fsp3) is 0.176. The minimum atomic E-state index is -0.981. The van der Waals surface area contributed by atoms with Crippen LogP contribution in [-0.2, 0) is 16.0 Å². The van der Waals surface area contributed by atoms with Crippen LogP contribution in [0.4, 0.5) is 21.5 Å². The Hall–Kier alpha value is -3.49. The number of ether oxygens (including phenoxy) is 1. The standard InChI is InChI=1S/C17H14FN3O5/c18-13-4-2-11(8-15(13)21(24)25)19-17(23)9-26-12-3-5-14-10(7-12)1-6-16(22)20-14/h2-5,7-8H,1,6,9H2,(H,19,23)(H,20,22). The van der Waals surface area contributed by atoms with E-state index in [1.807, 2.05) is 0 Å². The van der Waals surface area contributed by atoms with E-state index in [2.05, 4.69) is 10.6 Å². The Bertz CT molecular complexity index is 900. The fourth-order valence-electron chi connectivity index (χ4n) is 2.53. The zero-order valence-corrected chi connectivity index (χ0v) is 13.5. The molecule has 0 atom stereocenters. The molecule has 8 nitrogen and oxygen atoms in total. The summed E-state index contributed by atoms with van der Waals surface area (Å²) in [4.78, 5) is 33.1. The first kappa shape index (κ1) is 17.3. The van der Waals surface area contributed by atoms with Crippen LogP contribution < -0.4 is 15.4 Å². The lowest BCUT2D eigenvalue weighted by Gasteiger charge is -2.17. The fourth-order valence-corrected chi connectivity index (χ4v) is 2.53. The van der Waals surface area contributed by atoms with Crippen molar-refractivity contribution < 1.29 is 23.6 Å². The van der Waals surface area contributed by atoms with E-state index in [4.69, 9.17) is 4.74 Å². The van der Waals surface area contributed by atoms with Crippen LogP contribution in [0.25, 0.3) is 0 Å². The summed E-state index contributed by atoms with van der Waals surface area (Å²) < 4.78 is 18.7. The van der Waals surface area contributed by atoms with Gasteiger partial charge in [0.1, 0.15) is 5.75 Å². The molecule has 0 unspecified atom stereocenters. The third-order valence-electron chi connectivity index (χ3n) is 3.77. The molecule has 2 aromatic carbocycles. The lowest BCUT2D eigenvalue weighted by Crippen LogP contribution is -2.21. The van der Waals surface area contributed by atoms with Crippen LogP contribution >= 0.6 is 0 Å². The molecule has 1 aliphatic rings. The molecule has 2 aromatic rings. The summed E-state index contributed by atoms with van der Waals surface area (Å²) in [6.07, 6.45) is 0.976. The van der Waals surface area contributed by atoms with E-state index in [0.717, 1.165) is 23.4 Å². The van der Waals surface area contributed by atoms with Crippen molar-refractivity contribution in [2.24, 2.45) is 0 Å². The van der Waals surface area contributed by atoms with Crippen LogP contribution in [0.2, 0.25) is 0 Å². The van der Waals surface area contributed by atoms with E-state index in [-0.39, 0.29) is 18.2 Å². The Balaban J connectivity index is 1.60. The number of rotatable bonds is 5. The smallest absolute Gasteiger partial charge is 0.306 e. The van der Waals surface area contributed by atoms with Gasteiger partial charge in [-0.1, -0.05) is 0 Å². The predicted molar refractivity (Wildman–Crippen MR) is 90.6 cm³/mol. The number of benzene rings is 2. The third kappa shape index (κ3) is 3.94. The molecule has 2 N–H and O–H groups in total. The van der Waals surface area contributed by atoms with Crippen molar-refractivity contribution in [2.75, 3.05) is 17.2 Å². The first-order valence-corrected chi connectivity index (χ1v) is 7.72. The summed E-state index contributed by atoms with van der Waals surface area (Å²) >= 11 is 0. The number of carbonyl (C=O) groups is 2. The quantitative estimate of drug-likeness (QED) is 0.630. The van der Waals surface area contributed by atoms with Crippen LogP contribution in [0.1, 0.15) is 12.0 Å². The van der Waals surface area contributed by atoms with Gasteiger partial charge in [0.2, 0.25) is 11.7 Å². The van der Waals surface area contributed by atoms with Crippen molar-refractivity contribution in [3.05, 3.63) is 57.9 Å². The third-order valence-corrected chi connectivity index (χ3v) is 3.77. The van der Waals surface area contributed by atoms with Gasteiger partial charge >= 0.3 is 5.69 Å². The van der Waals surface area contributed by atoms with Gasteiger partial charge < -0.3 is 15.4 Å². The summed E-state index contributed by atoms with van der Waals surface area (Å²) in [6.45, 7) is -0.323. The molecular weight excluding hydrogens is 345 g/mol. The minimum Gasteiger partial charge on any atom is -0.484 e. The number of hydrogen-bond acceptors (Lipinski definition) is 5. The average molecular weight is 359 g/mol. The number of anilines is 2. The molecular formula is C17H14FN3O5. The Morgan fingerprint density at radius 3 is 2.85 bits per heavy atom. The minimum absolute atomic E-state index is 0.0427. The highest BCUT2D eigenvalue weighted by molar-refractivity contribution is 5.94. The zero-order chi connectivity index (χ0) is 18.7. The van der Waals surface area contributed by atoms with Crippen molar-refractivity contribution in [2.45, 2.75) is 12.8 Å². The maximum Gasteiger partial charge on any atom is 0.306 e. The number of amides is 2. The van der Waals surface area contributed by atoms with Crippen LogP contribution in [0.5, 0.6) is 5.75 Å². The largest absolute Gasteiger partial charge is 0.484 e. The predicted octanol–water partition coefficient (Wildman–Crippen LogP) is 2.64. The van der Waals surface area contributed by atoms with Crippen LogP contribution in [0.3, 0.4) is 0 Å². The molecule has 1 aliphatic heterocycles. The molecule has 1 heterocycles. The highest BCUT2D eigenvalue weighted by atomic mass is 19.1. The van der Waals surface area contributed by atoms with E-state index in [1.54, 1.807) is 18.2 Å². The first-order chi connectivity index (χ1) is 12.4. The Morgan fingerprint density at radius 1 is 1.27 bits per heavy atom. The SMILES string of the molecule is O=C(COc1ccc2c(c1)CCC(=O)N2)Nc1ccc(F)c([N+](=O)[O-])c1. The van der Waals surface area contributed by atoms with E-state index in [1.165, 1.54) is 6.07 Å². The lowest BCUT2D eigenvalue weighted by atomic mass is 10.0. The van der Waals surface area contributed by atoms with Gasteiger partial charge in [-0.25, -0.2) is 0 Å². The summed E-state index contributed by atoms with van der Waals surface area (Å²) in [5, 5.41) is 15.9. The first-order valence-electron chi connectivity index (χ1n) is 7.72. The van der Waals surface area contributed by atoms with Crippen LogP contribution in [0, 0.1) is 15.9 Å². The van der Waals surface area contributed by atoms with Gasteiger partial charge in [0.15, 0.2) is 6.61 Å². The van der Waals surface area contributed by atoms with Crippen molar-refractivity contribution in [1.82, 2.24) is 0 Å². The van der Waals surface area contributed by atoms with Crippen LogP contribution in [0.15, 0.2) is 36.4 Å². The maximum absolute atomic E-state index is 13.3. The van der Waals surface area contributed by atoms with Crippen LogP contribution in [-0.4, -0.2) is 23.3 Å². The number of hydrogen-bond donors (Lipinski definition) is 2. The van der Waals surface area contributed by atoms with E-state index >= 15 is 0 Å². The van der Waals surface area contributed by atoms with E-state index in [0.29, 0.717) is 18.6 Å². The van der Waals surface area contributed by atoms with Crippen molar-refractivity contribution in [1.29, 1.82) is 0 Å². The molecule has 0 radical (unpaired) electrons. The van der Waals surface area contributed by atoms with Gasteiger partial charge in [-0.2, -0.15) is 4.39 Å². The molecule has 134 valence electrons. The number of halogens is 1. The molecule has 0 fully saturated rings. The number of carbonyl (C=O) groups excluding carboxylic acids is 2. The number of nitro benzene ring substituents is 1. The molecule has 2 amide bonds. The highest BCUT2D eigenvalue weighted by Gasteiger charge is 2.17. The number of fused-ring (bicyclic) bond motifs is 1. The molecule has 0 saturated carbocycles. The molecule has 26 heavy (non-hydrogen) atoms. The second kappa shape index (κ2) is 7.18. The molecule has 0 spiro atoms. The van der Waals surface area contributed by atoms with E-state index < -0.39 is 22.3 Å². The highest BCUT2D eigenvalue weighted by Crippen LogP contribution is 2.27. The Labute approximate surface area is 147 Å². The maximum atomic E-state index is 13.3. The summed E-state index contributed by atoms with van der Waals surface area (Å²) in [6, 6.07) is 8.14. The molecule has 9 heteroatoms. The van der Waals surface area contributed by atoms with Gasteiger partial charge in [0.25, 0.3) is 5.91 Å². The summed E-state index contributed by atoms with van der Waals surface area (Å²) in [5.74, 6) is -1.11. The van der Waals surface area contributed by atoms with Crippen molar-refractivity contribution in [3.63, 3.8) is 0 Å². The van der Waals surface area contributed by atoms with Gasteiger partial charge in [0.05, 0.1) is 4.92 Å². The second-order valence-corrected chi connectivity index (χ2v) is 5.63. The van der Waals surface area contributed by atoms with Gasteiger partial charge in [-0.15, -0.1) is 0 Å². The van der Waals surface area contributed by atoms with Gasteiger partial charge in [0, 0.05) is 23.9 Å².